The van der Waals surface area contributed by atoms with E-state index in [0.29, 0.717) is 28.6 Å². The SMILES string of the molecule is COc1ccc2ncc(Cl)c([C@@H](F)CCC3(CC(=O)O)CCN(CCCSc4ccncc4)CC3)c2c1. The minimum atomic E-state index is -1.32. The predicted molar refractivity (Wildman–Crippen MR) is 146 cm³/mol. The normalized spacial score (nSPS) is 16.5. The Morgan fingerprint density at radius 1 is 1.27 bits per heavy atom. The zero-order valence-electron chi connectivity index (χ0n) is 21.0. The van der Waals surface area contributed by atoms with Crippen LogP contribution < -0.4 is 4.74 Å². The van der Waals surface area contributed by atoms with Crippen LogP contribution in [0.2, 0.25) is 5.02 Å². The van der Waals surface area contributed by atoms with Crippen molar-refractivity contribution in [3.05, 3.63) is 59.5 Å². The Hall–Kier alpha value is -2.42. The van der Waals surface area contributed by atoms with Crippen molar-refractivity contribution in [3.63, 3.8) is 0 Å². The molecule has 0 spiro atoms. The predicted octanol–water partition coefficient (Wildman–Crippen LogP) is 6.82. The molecule has 198 valence electrons. The molecule has 6 nitrogen and oxygen atoms in total. The molecule has 0 amide bonds. The first-order valence-corrected chi connectivity index (χ1v) is 14.0. The number of methoxy groups -OCH3 is 1. The largest absolute Gasteiger partial charge is 0.497 e. The second-order valence-corrected chi connectivity index (χ2v) is 11.3. The lowest BCUT2D eigenvalue weighted by Crippen LogP contribution is -2.41. The summed E-state index contributed by atoms with van der Waals surface area (Å²) < 4.78 is 21.0. The number of ether oxygens (including phenoxy) is 1. The number of hydrogen-bond acceptors (Lipinski definition) is 6. The van der Waals surface area contributed by atoms with Gasteiger partial charge in [-0.1, -0.05) is 11.6 Å². The molecule has 4 rings (SSSR count). The van der Waals surface area contributed by atoms with Gasteiger partial charge in [-0.2, -0.15) is 0 Å². The second kappa shape index (κ2) is 12.9. The number of thioether (sulfide) groups is 1. The van der Waals surface area contributed by atoms with E-state index in [1.807, 2.05) is 23.9 Å². The highest BCUT2D eigenvalue weighted by Gasteiger charge is 2.37. The van der Waals surface area contributed by atoms with Crippen molar-refractivity contribution < 1.29 is 19.0 Å². The first-order chi connectivity index (χ1) is 17.9. The highest BCUT2D eigenvalue weighted by atomic mass is 35.5. The van der Waals surface area contributed by atoms with E-state index in [1.54, 1.807) is 37.7 Å². The maximum Gasteiger partial charge on any atom is 0.303 e. The average Bonchev–Trinajstić information content (AvgIpc) is 2.90. The van der Waals surface area contributed by atoms with E-state index in [-0.39, 0.29) is 17.9 Å². The summed E-state index contributed by atoms with van der Waals surface area (Å²) in [6.45, 7) is 2.65. The third kappa shape index (κ3) is 7.33. The number of carbonyl (C=O) groups is 1. The Labute approximate surface area is 226 Å². The maximum atomic E-state index is 15.7. The van der Waals surface area contributed by atoms with Crippen LogP contribution in [-0.4, -0.2) is 58.4 Å². The van der Waals surface area contributed by atoms with Gasteiger partial charge in [0.15, 0.2) is 0 Å². The van der Waals surface area contributed by atoms with Crippen LogP contribution in [0.5, 0.6) is 5.75 Å². The number of benzene rings is 1. The van der Waals surface area contributed by atoms with Gasteiger partial charge in [0, 0.05) is 34.4 Å². The van der Waals surface area contributed by atoms with Gasteiger partial charge in [-0.15, -0.1) is 11.8 Å². The molecule has 0 aliphatic carbocycles. The summed E-state index contributed by atoms with van der Waals surface area (Å²) in [7, 11) is 1.56. The molecular weight excluding hydrogens is 513 g/mol. The fraction of sp³-hybridized carbons (Fsp3) is 0.464. The number of carboxylic acids is 1. The molecule has 1 saturated heterocycles. The number of piperidine rings is 1. The lowest BCUT2D eigenvalue weighted by atomic mass is 9.71. The lowest BCUT2D eigenvalue weighted by molar-refractivity contribution is -0.141. The van der Waals surface area contributed by atoms with E-state index in [4.69, 9.17) is 16.3 Å². The molecule has 1 aromatic carbocycles. The molecule has 0 radical (unpaired) electrons. The number of nitrogens with zero attached hydrogens (tertiary/aromatic N) is 3. The molecule has 37 heavy (non-hydrogen) atoms. The minimum absolute atomic E-state index is 0.0596. The molecule has 3 heterocycles. The lowest BCUT2D eigenvalue weighted by Gasteiger charge is -2.41. The molecule has 2 aromatic heterocycles. The van der Waals surface area contributed by atoms with Crippen LogP contribution in [-0.2, 0) is 4.79 Å². The van der Waals surface area contributed by atoms with E-state index >= 15 is 4.39 Å². The van der Waals surface area contributed by atoms with E-state index in [1.165, 1.54) is 11.1 Å². The fourth-order valence-corrected chi connectivity index (χ4v) is 6.28. The molecule has 0 bridgehead atoms. The van der Waals surface area contributed by atoms with Crippen LogP contribution in [0.4, 0.5) is 4.39 Å². The maximum absolute atomic E-state index is 15.7. The van der Waals surface area contributed by atoms with E-state index in [9.17, 15) is 9.90 Å². The fourth-order valence-electron chi connectivity index (χ4n) is 5.19. The molecule has 1 aliphatic rings. The van der Waals surface area contributed by atoms with E-state index < -0.39 is 17.6 Å². The van der Waals surface area contributed by atoms with Gasteiger partial charge >= 0.3 is 5.97 Å². The molecular formula is C28H33ClFN3O3S. The van der Waals surface area contributed by atoms with Crippen molar-refractivity contribution in [1.82, 2.24) is 14.9 Å². The molecule has 9 heteroatoms. The third-order valence-electron chi connectivity index (χ3n) is 7.29. The Balaban J connectivity index is 1.35. The summed E-state index contributed by atoms with van der Waals surface area (Å²) in [6, 6.07) is 9.37. The van der Waals surface area contributed by atoms with Crippen LogP contribution in [0.15, 0.2) is 53.8 Å². The number of aromatic nitrogens is 2. The van der Waals surface area contributed by atoms with E-state index in [2.05, 4.69) is 14.9 Å². The number of rotatable bonds is 12. The first kappa shape index (κ1) is 27.6. The number of fused-ring (bicyclic) bond motifs is 1. The Bertz CT molecular complexity index is 1190. The molecule has 1 aliphatic heterocycles. The average molecular weight is 546 g/mol. The number of carboxylic acid groups (broad SMARTS) is 1. The van der Waals surface area contributed by atoms with Crippen LogP contribution >= 0.6 is 23.4 Å². The monoisotopic (exact) mass is 545 g/mol. The zero-order valence-corrected chi connectivity index (χ0v) is 22.6. The summed E-state index contributed by atoms with van der Waals surface area (Å²) in [5.74, 6) is 0.809. The Morgan fingerprint density at radius 3 is 2.73 bits per heavy atom. The van der Waals surface area contributed by atoms with Gasteiger partial charge in [-0.25, -0.2) is 4.39 Å². The molecule has 0 saturated carbocycles. The highest BCUT2D eigenvalue weighted by molar-refractivity contribution is 7.99. The van der Waals surface area contributed by atoms with Crippen LogP contribution in [0, 0.1) is 5.41 Å². The summed E-state index contributed by atoms with van der Waals surface area (Å²) in [6.07, 6.45) is 7.10. The topological polar surface area (TPSA) is 75.6 Å². The van der Waals surface area contributed by atoms with Gasteiger partial charge in [-0.3, -0.25) is 14.8 Å². The number of alkyl halides is 1. The van der Waals surface area contributed by atoms with E-state index in [0.717, 1.165) is 44.6 Å². The summed E-state index contributed by atoms with van der Waals surface area (Å²) >= 11 is 8.23. The third-order valence-corrected chi connectivity index (χ3v) is 8.69. The smallest absolute Gasteiger partial charge is 0.303 e. The van der Waals surface area contributed by atoms with Gasteiger partial charge in [0.25, 0.3) is 0 Å². The molecule has 3 aromatic rings. The number of pyridine rings is 2. The van der Waals surface area contributed by atoms with Crippen LogP contribution in [0.25, 0.3) is 10.9 Å². The second-order valence-electron chi connectivity index (χ2n) is 9.71. The Kier molecular flexibility index (Phi) is 9.62. The summed E-state index contributed by atoms with van der Waals surface area (Å²) in [5.41, 5.74) is 0.643. The van der Waals surface area contributed by atoms with Crippen molar-refractivity contribution in [1.29, 1.82) is 0 Å². The Morgan fingerprint density at radius 2 is 2.03 bits per heavy atom. The van der Waals surface area contributed by atoms with Crippen molar-refractivity contribution >= 4 is 40.2 Å². The molecule has 1 N–H and O–H groups in total. The number of aliphatic carboxylic acids is 1. The van der Waals surface area contributed by atoms with Gasteiger partial charge in [0.05, 0.1) is 24.1 Å². The summed E-state index contributed by atoms with van der Waals surface area (Å²) in [5, 5.41) is 10.6. The van der Waals surface area contributed by atoms with Gasteiger partial charge < -0.3 is 14.7 Å². The van der Waals surface area contributed by atoms with Crippen LogP contribution in [0.1, 0.15) is 50.3 Å². The molecule has 1 atom stereocenters. The molecule has 1 fully saturated rings. The number of halogens is 2. The zero-order chi connectivity index (χ0) is 26.3. The van der Waals surface area contributed by atoms with Gasteiger partial charge in [0.1, 0.15) is 11.9 Å². The molecule has 0 unspecified atom stereocenters. The van der Waals surface area contributed by atoms with Gasteiger partial charge in [-0.05, 0) is 93.2 Å². The quantitative estimate of drug-likeness (QED) is 0.197. The summed E-state index contributed by atoms with van der Waals surface area (Å²) in [4.78, 5) is 23.7. The first-order valence-electron chi connectivity index (χ1n) is 12.6. The standard InChI is InChI=1S/C28H33ClFN3O3S/c1-36-20-3-4-25-22(17-20)27(23(29)19-32-25)24(30)5-8-28(18-26(34)35)9-14-33(15-10-28)13-2-16-37-21-6-11-31-12-7-21/h3-4,6-7,11-12,17,19,24H,2,5,8-10,13-16,18H2,1H3,(H,34,35)/t24-/m0/s1. The van der Waals surface area contributed by atoms with Crippen molar-refractivity contribution in [2.75, 3.05) is 32.5 Å². The van der Waals surface area contributed by atoms with Gasteiger partial charge in [0.2, 0.25) is 0 Å². The van der Waals surface area contributed by atoms with Crippen molar-refractivity contribution in [2.24, 2.45) is 5.41 Å². The minimum Gasteiger partial charge on any atom is -0.497 e. The number of likely N-dealkylation sites (tertiary alicyclic amines) is 1. The van der Waals surface area contributed by atoms with Crippen molar-refractivity contribution in [2.45, 2.75) is 49.6 Å². The van der Waals surface area contributed by atoms with Crippen molar-refractivity contribution in [3.8, 4) is 5.75 Å². The number of hydrogen-bond donors (Lipinski definition) is 1. The highest BCUT2D eigenvalue weighted by Crippen LogP contribution is 2.44. The van der Waals surface area contributed by atoms with Crippen LogP contribution in [0.3, 0.4) is 0 Å².